The van der Waals surface area contributed by atoms with E-state index in [0.29, 0.717) is 13.0 Å². The number of hydrogen-bond donors (Lipinski definition) is 2. The van der Waals surface area contributed by atoms with E-state index in [1.807, 2.05) is 0 Å². The molecule has 0 bridgehead atoms. The fourth-order valence-corrected chi connectivity index (χ4v) is 1.50. The van der Waals surface area contributed by atoms with Crippen molar-refractivity contribution >= 4 is 11.6 Å². The van der Waals surface area contributed by atoms with Gasteiger partial charge in [-0.1, -0.05) is 12.1 Å². The van der Waals surface area contributed by atoms with E-state index in [1.165, 1.54) is 18.5 Å². The standard InChI is InChI=1S/C11H11N5O3/c17-11(10-13-7-14-15-10)12-6-5-8-1-3-9(4-2-8)16(18)19/h1-4,7H,5-6H2,(H,12,17)(H,13,14,15). The van der Waals surface area contributed by atoms with Gasteiger partial charge in [-0.25, -0.2) is 4.98 Å². The molecule has 1 heterocycles. The first-order chi connectivity index (χ1) is 9.16. The summed E-state index contributed by atoms with van der Waals surface area (Å²) in [5.74, 6) is -0.178. The fraction of sp³-hybridized carbons (Fsp3) is 0.182. The van der Waals surface area contributed by atoms with E-state index in [4.69, 9.17) is 0 Å². The van der Waals surface area contributed by atoms with Gasteiger partial charge in [0.25, 0.3) is 11.6 Å². The number of nitrogens with zero attached hydrogens (tertiary/aromatic N) is 3. The van der Waals surface area contributed by atoms with E-state index in [2.05, 4.69) is 20.5 Å². The quantitative estimate of drug-likeness (QED) is 0.607. The Morgan fingerprint density at radius 3 is 2.68 bits per heavy atom. The van der Waals surface area contributed by atoms with Crippen molar-refractivity contribution in [1.29, 1.82) is 0 Å². The molecule has 0 saturated carbocycles. The number of carbonyl (C=O) groups is 1. The number of nitro groups is 1. The average Bonchev–Trinajstić information content (AvgIpc) is 2.93. The summed E-state index contributed by atoms with van der Waals surface area (Å²) in [6, 6.07) is 6.21. The van der Waals surface area contributed by atoms with Crippen LogP contribution in [0.15, 0.2) is 30.6 Å². The van der Waals surface area contributed by atoms with E-state index < -0.39 is 4.92 Å². The molecule has 2 N–H and O–H groups in total. The molecule has 8 heteroatoms. The van der Waals surface area contributed by atoms with Gasteiger partial charge in [0.2, 0.25) is 5.82 Å². The highest BCUT2D eigenvalue weighted by atomic mass is 16.6. The van der Waals surface area contributed by atoms with Crippen LogP contribution in [0, 0.1) is 10.1 Å². The molecular weight excluding hydrogens is 250 g/mol. The number of aromatic nitrogens is 3. The van der Waals surface area contributed by atoms with Gasteiger partial charge in [0.1, 0.15) is 6.33 Å². The molecule has 0 unspecified atom stereocenters. The van der Waals surface area contributed by atoms with Crippen LogP contribution in [0.5, 0.6) is 0 Å². The molecular formula is C11H11N5O3. The van der Waals surface area contributed by atoms with Crippen molar-refractivity contribution in [3.8, 4) is 0 Å². The lowest BCUT2D eigenvalue weighted by molar-refractivity contribution is -0.384. The molecule has 98 valence electrons. The molecule has 1 aromatic carbocycles. The number of amides is 1. The van der Waals surface area contributed by atoms with Crippen LogP contribution in [-0.4, -0.2) is 32.6 Å². The van der Waals surface area contributed by atoms with Gasteiger partial charge in [0.15, 0.2) is 0 Å². The molecule has 1 aromatic heterocycles. The predicted octanol–water partition coefficient (Wildman–Crippen LogP) is 0.685. The van der Waals surface area contributed by atoms with Gasteiger partial charge in [-0.15, -0.1) is 0 Å². The predicted molar refractivity (Wildman–Crippen MR) is 65.5 cm³/mol. The van der Waals surface area contributed by atoms with E-state index >= 15 is 0 Å². The second-order valence-corrected chi connectivity index (χ2v) is 3.76. The third-order valence-corrected chi connectivity index (χ3v) is 2.48. The first-order valence-corrected chi connectivity index (χ1v) is 5.53. The van der Waals surface area contributed by atoms with Crippen LogP contribution in [0.25, 0.3) is 0 Å². The Bertz CT molecular complexity index is 565. The monoisotopic (exact) mass is 261 g/mol. The van der Waals surface area contributed by atoms with Gasteiger partial charge in [-0.3, -0.25) is 20.0 Å². The molecule has 0 spiro atoms. The third-order valence-electron chi connectivity index (χ3n) is 2.48. The Kier molecular flexibility index (Phi) is 3.81. The molecule has 1 amide bonds. The molecule has 0 fully saturated rings. The lowest BCUT2D eigenvalue weighted by Gasteiger charge is -2.03. The molecule has 8 nitrogen and oxygen atoms in total. The first kappa shape index (κ1) is 12.7. The van der Waals surface area contributed by atoms with E-state index in [-0.39, 0.29) is 17.4 Å². The summed E-state index contributed by atoms with van der Waals surface area (Å²) in [4.78, 5) is 25.3. The minimum Gasteiger partial charge on any atom is -0.349 e. The highest BCUT2D eigenvalue weighted by molar-refractivity contribution is 5.90. The summed E-state index contributed by atoms with van der Waals surface area (Å²) in [6.45, 7) is 0.414. The highest BCUT2D eigenvalue weighted by Gasteiger charge is 2.08. The topological polar surface area (TPSA) is 114 Å². The van der Waals surface area contributed by atoms with Gasteiger partial charge < -0.3 is 5.32 Å². The summed E-state index contributed by atoms with van der Waals surface area (Å²) in [7, 11) is 0. The largest absolute Gasteiger partial charge is 0.349 e. The summed E-state index contributed by atoms with van der Waals surface area (Å²) < 4.78 is 0. The highest BCUT2D eigenvalue weighted by Crippen LogP contribution is 2.11. The van der Waals surface area contributed by atoms with E-state index in [1.54, 1.807) is 12.1 Å². The molecule has 0 aliphatic carbocycles. The number of nitrogens with one attached hydrogen (secondary N) is 2. The molecule has 0 aliphatic heterocycles. The van der Waals surface area contributed by atoms with E-state index in [9.17, 15) is 14.9 Å². The molecule has 0 saturated heterocycles. The third kappa shape index (κ3) is 3.35. The Morgan fingerprint density at radius 1 is 1.37 bits per heavy atom. The normalized spacial score (nSPS) is 10.1. The number of nitro benzene ring substituents is 1. The maximum Gasteiger partial charge on any atom is 0.288 e. The second-order valence-electron chi connectivity index (χ2n) is 3.76. The van der Waals surface area contributed by atoms with Crippen molar-refractivity contribution in [2.45, 2.75) is 6.42 Å². The van der Waals surface area contributed by atoms with E-state index in [0.717, 1.165) is 5.56 Å². The summed E-state index contributed by atoms with van der Waals surface area (Å²) in [5.41, 5.74) is 0.956. The Labute approximate surface area is 108 Å². The molecule has 19 heavy (non-hydrogen) atoms. The first-order valence-electron chi connectivity index (χ1n) is 5.53. The van der Waals surface area contributed by atoms with Gasteiger partial charge in [-0.05, 0) is 12.0 Å². The maximum absolute atomic E-state index is 11.5. The number of H-pyrrole nitrogens is 1. The molecule has 0 radical (unpaired) electrons. The average molecular weight is 261 g/mol. The zero-order valence-corrected chi connectivity index (χ0v) is 9.87. The van der Waals surface area contributed by atoms with Crippen LogP contribution >= 0.6 is 0 Å². The Balaban J connectivity index is 1.82. The summed E-state index contributed by atoms with van der Waals surface area (Å²) in [6.07, 6.45) is 1.84. The number of aromatic amines is 1. The molecule has 0 aliphatic rings. The van der Waals surface area contributed by atoms with Gasteiger partial charge in [0.05, 0.1) is 4.92 Å². The van der Waals surface area contributed by atoms with Gasteiger partial charge in [-0.2, -0.15) is 5.10 Å². The van der Waals surface area contributed by atoms with Crippen molar-refractivity contribution < 1.29 is 9.72 Å². The van der Waals surface area contributed by atoms with Crippen LogP contribution in [0.1, 0.15) is 16.2 Å². The van der Waals surface area contributed by atoms with Crippen LogP contribution < -0.4 is 5.32 Å². The molecule has 0 atom stereocenters. The Hall–Kier alpha value is -2.77. The summed E-state index contributed by atoms with van der Waals surface area (Å²) >= 11 is 0. The number of rotatable bonds is 5. The SMILES string of the molecule is O=C(NCCc1ccc([N+](=O)[O-])cc1)c1ncn[nH]1. The molecule has 2 rings (SSSR count). The zero-order chi connectivity index (χ0) is 13.7. The number of hydrogen-bond acceptors (Lipinski definition) is 5. The summed E-state index contributed by atoms with van der Waals surface area (Å²) in [5, 5.41) is 19.2. The fourth-order valence-electron chi connectivity index (χ4n) is 1.50. The Morgan fingerprint density at radius 2 is 2.11 bits per heavy atom. The van der Waals surface area contributed by atoms with Crippen LogP contribution in [0.3, 0.4) is 0 Å². The molecule has 2 aromatic rings. The maximum atomic E-state index is 11.5. The van der Waals surface area contributed by atoms with Crippen LogP contribution in [0.4, 0.5) is 5.69 Å². The smallest absolute Gasteiger partial charge is 0.288 e. The number of non-ortho nitro benzene ring substituents is 1. The zero-order valence-electron chi connectivity index (χ0n) is 9.87. The van der Waals surface area contributed by atoms with Crippen molar-refractivity contribution in [2.24, 2.45) is 0 Å². The number of benzene rings is 1. The second kappa shape index (κ2) is 5.71. The van der Waals surface area contributed by atoms with Gasteiger partial charge >= 0.3 is 0 Å². The minimum atomic E-state index is -0.449. The minimum absolute atomic E-state index is 0.0504. The van der Waals surface area contributed by atoms with Crippen LogP contribution in [-0.2, 0) is 6.42 Å². The van der Waals surface area contributed by atoms with Crippen molar-refractivity contribution in [2.75, 3.05) is 6.54 Å². The van der Waals surface area contributed by atoms with Crippen molar-refractivity contribution in [1.82, 2.24) is 20.5 Å². The lowest BCUT2D eigenvalue weighted by Crippen LogP contribution is -2.26. The van der Waals surface area contributed by atoms with Gasteiger partial charge in [0, 0.05) is 18.7 Å². The number of carbonyl (C=O) groups excluding carboxylic acids is 1. The van der Waals surface area contributed by atoms with Crippen molar-refractivity contribution in [3.05, 3.63) is 52.1 Å². The van der Waals surface area contributed by atoms with Crippen LogP contribution in [0.2, 0.25) is 0 Å². The lowest BCUT2D eigenvalue weighted by atomic mass is 10.1. The van der Waals surface area contributed by atoms with Crippen molar-refractivity contribution in [3.63, 3.8) is 0 Å².